The van der Waals surface area contributed by atoms with Gasteiger partial charge in [0, 0.05) is 24.4 Å². The van der Waals surface area contributed by atoms with E-state index in [-0.39, 0.29) is 12.5 Å². The number of nitrogens with zero attached hydrogens (tertiary/aromatic N) is 1. The molecule has 0 bridgehead atoms. The second kappa shape index (κ2) is 7.24. The van der Waals surface area contributed by atoms with Gasteiger partial charge >= 0.3 is 5.97 Å². The van der Waals surface area contributed by atoms with Crippen LogP contribution in [0.3, 0.4) is 0 Å². The third-order valence-corrected chi connectivity index (χ3v) is 2.75. The molecule has 1 unspecified atom stereocenters. The van der Waals surface area contributed by atoms with Crippen molar-refractivity contribution in [2.24, 2.45) is 5.92 Å². The minimum Gasteiger partial charge on any atom is -0.480 e. The number of benzene rings is 1. The van der Waals surface area contributed by atoms with Gasteiger partial charge < -0.3 is 14.7 Å². The molecule has 1 rings (SSSR count). The van der Waals surface area contributed by atoms with Crippen LogP contribution in [-0.2, 0) is 9.53 Å². The standard InChI is InChI=1S/C13H18ClNO3/c1-10(9-18-2)7-15(8-13(16)17)12-5-3-11(14)4-6-12/h3-6,10H,7-9H2,1-2H3,(H,16,17). The molecule has 1 atom stereocenters. The Labute approximate surface area is 112 Å². The van der Waals surface area contributed by atoms with Gasteiger partial charge in [-0.25, -0.2) is 0 Å². The predicted octanol–water partition coefficient (Wildman–Crippen LogP) is 2.51. The molecule has 0 amide bonds. The quantitative estimate of drug-likeness (QED) is 0.828. The molecule has 0 aliphatic rings. The lowest BCUT2D eigenvalue weighted by atomic mass is 10.1. The van der Waals surface area contributed by atoms with Gasteiger partial charge in [0.25, 0.3) is 0 Å². The fourth-order valence-electron chi connectivity index (χ4n) is 1.79. The molecule has 5 heteroatoms. The van der Waals surface area contributed by atoms with Crippen molar-refractivity contribution in [1.82, 2.24) is 0 Å². The molecule has 100 valence electrons. The van der Waals surface area contributed by atoms with Crippen LogP contribution in [0.1, 0.15) is 6.92 Å². The van der Waals surface area contributed by atoms with Gasteiger partial charge in [-0.15, -0.1) is 0 Å². The second-order valence-corrected chi connectivity index (χ2v) is 4.75. The first kappa shape index (κ1) is 14.8. The summed E-state index contributed by atoms with van der Waals surface area (Å²) < 4.78 is 5.07. The molecule has 0 aliphatic carbocycles. The van der Waals surface area contributed by atoms with Crippen LogP contribution in [0.5, 0.6) is 0 Å². The summed E-state index contributed by atoms with van der Waals surface area (Å²) in [5, 5.41) is 9.58. The number of halogens is 1. The topological polar surface area (TPSA) is 49.8 Å². The lowest BCUT2D eigenvalue weighted by Crippen LogP contribution is -2.34. The van der Waals surface area contributed by atoms with Crippen molar-refractivity contribution < 1.29 is 14.6 Å². The first-order valence-corrected chi connectivity index (χ1v) is 6.12. The maximum atomic E-state index is 10.9. The van der Waals surface area contributed by atoms with E-state index >= 15 is 0 Å². The van der Waals surface area contributed by atoms with Gasteiger partial charge in [-0.3, -0.25) is 4.79 Å². The Hall–Kier alpha value is -1.26. The Kier molecular flexibility index (Phi) is 5.95. The molecule has 18 heavy (non-hydrogen) atoms. The maximum absolute atomic E-state index is 10.9. The Morgan fingerprint density at radius 3 is 2.56 bits per heavy atom. The lowest BCUT2D eigenvalue weighted by molar-refractivity contribution is -0.135. The third kappa shape index (κ3) is 4.94. The number of carboxylic acids is 1. The number of carbonyl (C=O) groups is 1. The molecular formula is C13H18ClNO3. The maximum Gasteiger partial charge on any atom is 0.323 e. The van der Waals surface area contributed by atoms with Crippen molar-refractivity contribution in [2.75, 3.05) is 31.7 Å². The highest BCUT2D eigenvalue weighted by atomic mass is 35.5. The Morgan fingerprint density at radius 2 is 2.06 bits per heavy atom. The highest BCUT2D eigenvalue weighted by Crippen LogP contribution is 2.19. The van der Waals surface area contributed by atoms with Gasteiger partial charge in [0.1, 0.15) is 6.54 Å². The average molecular weight is 272 g/mol. The molecule has 0 heterocycles. The number of hydrogen-bond acceptors (Lipinski definition) is 3. The summed E-state index contributed by atoms with van der Waals surface area (Å²) in [5.41, 5.74) is 0.852. The third-order valence-electron chi connectivity index (χ3n) is 2.50. The predicted molar refractivity (Wildman–Crippen MR) is 72.3 cm³/mol. The number of ether oxygens (including phenoxy) is 1. The van der Waals surface area contributed by atoms with Crippen molar-refractivity contribution >= 4 is 23.3 Å². The SMILES string of the molecule is COCC(C)CN(CC(=O)O)c1ccc(Cl)cc1. The van der Waals surface area contributed by atoms with Crippen LogP contribution >= 0.6 is 11.6 Å². The molecule has 1 aromatic rings. The molecular weight excluding hydrogens is 254 g/mol. The molecule has 0 aliphatic heterocycles. The highest BCUT2D eigenvalue weighted by Gasteiger charge is 2.14. The summed E-state index contributed by atoms with van der Waals surface area (Å²) in [4.78, 5) is 12.7. The molecule has 0 aromatic heterocycles. The van der Waals surface area contributed by atoms with E-state index in [1.165, 1.54) is 0 Å². The van der Waals surface area contributed by atoms with E-state index in [0.29, 0.717) is 18.2 Å². The zero-order chi connectivity index (χ0) is 13.5. The van der Waals surface area contributed by atoms with E-state index in [4.69, 9.17) is 21.4 Å². The summed E-state index contributed by atoms with van der Waals surface area (Å²) in [6, 6.07) is 7.16. The summed E-state index contributed by atoms with van der Waals surface area (Å²) in [5.74, 6) is -0.598. The number of hydrogen-bond donors (Lipinski definition) is 1. The molecule has 0 saturated heterocycles. The average Bonchev–Trinajstić information content (AvgIpc) is 2.28. The Bertz CT molecular complexity index is 380. The summed E-state index contributed by atoms with van der Waals surface area (Å²) in [7, 11) is 1.64. The van der Waals surface area contributed by atoms with Crippen molar-refractivity contribution in [2.45, 2.75) is 6.92 Å². The molecule has 4 nitrogen and oxygen atoms in total. The van der Waals surface area contributed by atoms with Crippen LogP contribution in [0.15, 0.2) is 24.3 Å². The molecule has 1 aromatic carbocycles. The van der Waals surface area contributed by atoms with Crippen LogP contribution in [0, 0.1) is 5.92 Å². The second-order valence-electron chi connectivity index (χ2n) is 4.31. The van der Waals surface area contributed by atoms with Gasteiger partial charge in [0.15, 0.2) is 0 Å². The normalized spacial score (nSPS) is 12.2. The first-order chi connectivity index (χ1) is 8.52. The summed E-state index contributed by atoms with van der Waals surface area (Å²) in [6.07, 6.45) is 0. The largest absolute Gasteiger partial charge is 0.480 e. The zero-order valence-corrected chi connectivity index (χ0v) is 11.4. The molecule has 0 fully saturated rings. The van der Waals surface area contributed by atoms with Crippen LogP contribution < -0.4 is 4.90 Å². The number of methoxy groups -OCH3 is 1. The van der Waals surface area contributed by atoms with Gasteiger partial charge in [-0.1, -0.05) is 18.5 Å². The first-order valence-electron chi connectivity index (χ1n) is 5.74. The van der Waals surface area contributed by atoms with Gasteiger partial charge in [-0.2, -0.15) is 0 Å². The number of aliphatic carboxylic acids is 1. The van der Waals surface area contributed by atoms with E-state index in [9.17, 15) is 4.79 Å². The molecule has 0 radical (unpaired) electrons. The molecule has 0 saturated carbocycles. The van der Waals surface area contributed by atoms with Gasteiger partial charge in [0.05, 0.1) is 6.61 Å². The zero-order valence-electron chi connectivity index (χ0n) is 10.6. The van der Waals surface area contributed by atoms with Crippen LogP contribution in [0.4, 0.5) is 5.69 Å². The van der Waals surface area contributed by atoms with E-state index in [0.717, 1.165) is 5.69 Å². The van der Waals surface area contributed by atoms with Crippen molar-refractivity contribution in [1.29, 1.82) is 0 Å². The number of carboxylic acid groups (broad SMARTS) is 1. The van der Waals surface area contributed by atoms with Crippen LogP contribution in [-0.4, -0.2) is 37.9 Å². The van der Waals surface area contributed by atoms with E-state index in [2.05, 4.69) is 0 Å². The fourth-order valence-corrected chi connectivity index (χ4v) is 1.92. The minimum atomic E-state index is -0.852. The summed E-state index contributed by atoms with van der Waals surface area (Å²) in [6.45, 7) is 3.22. The monoisotopic (exact) mass is 271 g/mol. The fraction of sp³-hybridized carbons (Fsp3) is 0.462. The Balaban J connectivity index is 2.77. The molecule has 0 spiro atoms. The molecule has 1 N–H and O–H groups in total. The number of anilines is 1. The van der Waals surface area contributed by atoms with E-state index in [1.54, 1.807) is 19.2 Å². The van der Waals surface area contributed by atoms with Crippen molar-refractivity contribution in [3.63, 3.8) is 0 Å². The minimum absolute atomic E-state index is 0.0321. The van der Waals surface area contributed by atoms with E-state index < -0.39 is 5.97 Å². The van der Waals surface area contributed by atoms with Crippen molar-refractivity contribution in [3.05, 3.63) is 29.3 Å². The highest BCUT2D eigenvalue weighted by molar-refractivity contribution is 6.30. The summed E-state index contributed by atoms with van der Waals surface area (Å²) >= 11 is 5.82. The van der Waals surface area contributed by atoms with Gasteiger partial charge in [0.2, 0.25) is 0 Å². The Morgan fingerprint density at radius 1 is 1.44 bits per heavy atom. The smallest absolute Gasteiger partial charge is 0.323 e. The van der Waals surface area contributed by atoms with E-state index in [1.807, 2.05) is 24.0 Å². The lowest BCUT2D eigenvalue weighted by Gasteiger charge is -2.26. The van der Waals surface area contributed by atoms with Crippen LogP contribution in [0.2, 0.25) is 5.02 Å². The van der Waals surface area contributed by atoms with Crippen LogP contribution in [0.25, 0.3) is 0 Å². The van der Waals surface area contributed by atoms with Crippen molar-refractivity contribution in [3.8, 4) is 0 Å². The number of rotatable bonds is 7. The van der Waals surface area contributed by atoms with Gasteiger partial charge in [-0.05, 0) is 30.2 Å².